The zero-order valence-corrected chi connectivity index (χ0v) is 15.3. The van der Waals surface area contributed by atoms with Crippen LogP contribution < -0.4 is 5.32 Å². The highest BCUT2D eigenvalue weighted by Gasteiger charge is 2.30. The highest BCUT2D eigenvalue weighted by molar-refractivity contribution is 7.17. The van der Waals surface area contributed by atoms with Crippen LogP contribution in [0.3, 0.4) is 0 Å². The summed E-state index contributed by atoms with van der Waals surface area (Å²) in [6.07, 6.45) is 5.44. The lowest BCUT2D eigenvalue weighted by molar-refractivity contribution is -0.118. The molecule has 1 aromatic heterocycles. The van der Waals surface area contributed by atoms with Crippen molar-refractivity contribution in [1.29, 1.82) is 0 Å². The molecule has 128 valence electrons. The van der Waals surface area contributed by atoms with Crippen LogP contribution in [0.5, 0.6) is 0 Å². The zero-order chi connectivity index (χ0) is 17.0. The van der Waals surface area contributed by atoms with Gasteiger partial charge in [-0.2, -0.15) is 0 Å². The van der Waals surface area contributed by atoms with Crippen LogP contribution in [0.2, 0.25) is 0 Å². The van der Waals surface area contributed by atoms with E-state index in [1.807, 2.05) is 13.8 Å². The maximum absolute atomic E-state index is 12.4. The van der Waals surface area contributed by atoms with E-state index in [0.29, 0.717) is 23.1 Å². The molecule has 1 aromatic rings. The van der Waals surface area contributed by atoms with Gasteiger partial charge in [-0.15, -0.1) is 11.3 Å². The Kier molecular flexibility index (Phi) is 6.22. The molecule has 5 heteroatoms. The second kappa shape index (κ2) is 7.95. The summed E-state index contributed by atoms with van der Waals surface area (Å²) in [5, 5.41) is 3.60. The van der Waals surface area contributed by atoms with Crippen LogP contribution in [0, 0.1) is 11.8 Å². The molecule has 0 aliphatic heterocycles. The van der Waals surface area contributed by atoms with Gasteiger partial charge in [-0.3, -0.25) is 4.79 Å². The number of carbonyl (C=O) groups excluding carboxylic acids is 2. The van der Waals surface area contributed by atoms with Gasteiger partial charge in [0.2, 0.25) is 5.91 Å². The number of esters is 1. The number of hydrogen-bond acceptors (Lipinski definition) is 4. The number of anilines is 1. The third-order valence-corrected chi connectivity index (χ3v) is 5.47. The maximum atomic E-state index is 12.4. The molecule has 0 radical (unpaired) electrons. The van der Waals surface area contributed by atoms with E-state index in [4.69, 9.17) is 4.74 Å². The van der Waals surface area contributed by atoms with Crippen molar-refractivity contribution in [3.63, 3.8) is 0 Å². The molecule has 1 aliphatic carbocycles. The topological polar surface area (TPSA) is 55.4 Å². The minimum Gasteiger partial charge on any atom is -0.462 e. The minimum atomic E-state index is -0.307. The molecule has 4 nitrogen and oxygen atoms in total. The van der Waals surface area contributed by atoms with E-state index in [0.717, 1.165) is 24.8 Å². The number of carbonyl (C=O) groups is 2. The molecule has 0 unspecified atom stereocenters. The third-order valence-electron chi connectivity index (χ3n) is 4.30. The van der Waals surface area contributed by atoms with E-state index < -0.39 is 0 Å². The van der Waals surface area contributed by atoms with Gasteiger partial charge in [-0.25, -0.2) is 4.79 Å². The van der Waals surface area contributed by atoms with Crippen LogP contribution in [0.4, 0.5) is 5.00 Å². The van der Waals surface area contributed by atoms with Gasteiger partial charge in [0.25, 0.3) is 0 Å². The third kappa shape index (κ3) is 4.14. The average Bonchev–Trinajstić information content (AvgIpc) is 2.84. The van der Waals surface area contributed by atoms with Gasteiger partial charge in [0.1, 0.15) is 5.00 Å². The molecule has 2 rings (SSSR count). The van der Waals surface area contributed by atoms with Crippen LogP contribution in [0.15, 0.2) is 0 Å². The van der Waals surface area contributed by atoms with Crippen LogP contribution in [-0.2, 0) is 22.4 Å². The predicted molar refractivity (Wildman–Crippen MR) is 94.2 cm³/mol. The summed E-state index contributed by atoms with van der Waals surface area (Å²) in [4.78, 5) is 25.7. The Morgan fingerprint density at radius 3 is 2.70 bits per heavy atom. The van der Waals surface area contributed by atoms with Crippen molar-refractivity contribution in [2.75, 3.05) is 11.9 Å². The Morgan fingerprint density at radius 2 is 2.09 bits per heavy atom. The summed E-state index contributed by atoms with van der Waals surface area (Å²) in [7, 11) is 0. The minimum absolute atomic E-state index is 0.0562. The molecule has 1 aliphatic rings. The largest absolute Gasteiger partial charge is 0.462 e. The van der Waals surface area contributed by atoms with Crippen LogP contribution in [0.25, 0.3) is 0 Å². The molecular formula is C18H27NO3S. The van der Waals surface area contributed by atoms with Crippen molar-refractivity contribution < 1.29 is 14.3 Å². The van der Waals surface area contributed by atoms with Gasteiger partial charge in [-0.05, 0) is 37.7 Å². The lowest BCUT2D eigenvalue weighted by Gasteiger charge is -2.21. The average molecular weight is 337 g/mol. The molecule has 0 saturated carbocycles. The zero-order valence-electron chi connectivity index (χ0n) is 14.5. The number of nitrogens with one attached hydrogen (secondary N) is 1. The van der Waals surface area contributed by atoms with E-state index >= 15 is 0 Å². The van der Waals surface area contributed by atoms with E-state index in [1.54, 1.807) is 18.3 Å². The molecule has 0 saturated heterocycles. The Balaban J connectivity index is 2.33. The highest BCUT2D eigenvalue weighted by atomic mass is 32.1. The van der Waals surface area contributed by atoms with E-state index in [9.17, 15) is 9.59 Å². The van der Waals surface area contributed by atoms with Crippen molar-refractivity contribution in [2.24, 2.45) is 11.8 Å². The maximum Gasteiger partial charge on any atom is 0.341 e. The molecule has 1 N–H and O–H groups in total. The normalized spacial score (nSPS) is 17.0. The first-order valence-electron chi connectivity index (χ1n) is 8.60. The molecular weight excluding hydrogens is 310 g/mol. The second-order valence-corrected chi connectivity index (χ2v) is 7.58. The van der Waals surface area contributed by atoms with Crippen molar-refractivity contribution in [1.82, 2.24) is 0 Å². The molecule has 0 spiro atoms. The summed E-state index contributed by atoms with van der Waals surface area (Å²) >= 11 is 1.56. The number of ether oxygens (including phenoxy) is 1. The van der Waals surface area contributed by atoms with Crippen molar-refractivity contribution in [2.45, 2.75) is 59.8 Å². The number of hydrogen-bond donors (Lipinski definition) is 1. The summed E-state index contributed by atoms with van der Waals surface area (Å²) in [6.45, 7) is 8.07. The van der Waals surface area contributed by atoms with Gasteiger partial charge < -0.3 is 10.1 Å². The SMILES string of the molecule is CCC[C@@H]1CCc2c(sc(NC(=O)C(C)C)c2C(=O)OCC)C1. The summed E-state index contributed by atoms with van der Waals surface area (Å²) in [5.41, 5.74) is 1.69. The number of amides is 1. The van der Waals surface area contributed by atoms with Crippen LogP contribution in [0.1, 0.15) is 67.8 Å². The first-order valence-corrected chi connectivity index (χ1v) is 9.42. The smallest absolute Gasteiger partial charge is 0.341 e. The molecule has 0 aromatic carbocycles. The van der Waals surface area contributed by atoms with E-state index in [-0.39, 0.29) is 17.8 Å². The van der Waals surface area contributed by atoms with Gasteiger partial charge in [0.05, 0.1) is 12.2 Å². The first kappa shape index (κ1) is 18.0. The quantitative estimate of drug-likeness (QED) is 0.782. The Bertz CT molecular complexity index is 577. The fraction of sp³-hybridized carbons (Fsp3) is 0.667. The second-order valence-electron chi connectivity index (χ2n) is 6.47. The van der Waals surface area contributed by atoms with Crippen molar-refractivity contribution >= 4 is 28.2 Å². The standard InChI is InChI=1S/C18H27NO3S/c1-5-7-12-8-9-13-14(10-12)23-17(19-16(20)11(3)4)15(13)18(21)22-6-2/h11-12H,5-10H2,1-4H3,(H,19,20)/t12-/m1/s1. The number of rotatable bonds is 6. The van der Waals surface area contributed by atoms with Gasteiger partial charge in [-0.1, -0.05) is 33.6 Å². The number of fused-ring (bicyclic) bond motifs is 1. The summed E-state index contributed by atoms with van der Waals surface area (Å²) in [6, 6.07) is 0. The fourth-order valence-electron chi connectivity index (χ4n) is 3.07. The van der Waals surface area contributed by atoms with Gasteiger partial charge >= 0.3 is 5.97 Å². The van der Waals surface area contributed by atoms with E-state index in [2.05, 4.69) is 12.2 Å². The Morgan fingerprint density at radius 1 is 1.35 bits per heavy atom. The van der Waals surface area contributed by atoms with Gasteiger partial charge in [0, 0.05) is 10.8 Å². The highest BCUT2D eigenvalue weighted by Crippen LogP contribution is 2.41. The Hall–Kier alpha value is -1.36. The number of thiophene rings is 1. The lowest BCUT2D eigenvalue weighted by atomic mass is 9.84. The monoisotopic (exact) mass is 337 g/mol. The van der Waals surface area contributed by atoms with Crippen LogP contribution >= 0.6 is 11.3 Å². The lowest BCUT2D eigenvalue weighted by Crippen LogP contribution is -2.20. The first-order chi connectivity index (χ1) is 11.0. The van der Waals surface area contributed by atoms with E-state index in [1.165, 1.54) is 17.7 Å². The predicted octanol–water partition coefficient (Wildman–Crippen LogP) is 4.42. The molecule has 0 fully saturated rings. The fourth-order valence-corrected chi connectivity index (χ4v) is 4.43. The molecule has 1 heterocycles. The Labute approximate surface area is 142 Å². The molecule has 23 heavy (non-hydrogen) atoms. The summed E-state index contributed by atoms with van der Waals surface area (Å²) < 4.78 is 5.23. The summed E-state index contributed by atoms with van der Waals surface area (Å²) in [5.74, 6) is 0.212. The van der Waals surface area contributed by atoms with Gasteiger partial charge in [0.15, 0.2) is 0 Å². The molecule has 0 bridgehead atoms. The van der Waals surface area contributed by atoms with Crippen molar-refractivity contribution in [3.05, 3.63) is 16.0 Å². The van der Waals surface area contributed by atoms with Crippen LogP contribution in [-0.4, -0.2) is 18.5 Å². The molecule has 1 atom stereocenters. The van der Waals surface area contributed by atoms with Crippen molar-refractivity contribution in [3.8, 4) is 0 Å². The molecule has 1 amide bonds.